The predicted octanol–water partition coefficient (Wildman–Crippen LogP) is 7.78. The number of amides is 2. The molecule has 5 rings (SSSR count). The van der Waals surface area contributed by atoms with Crippen LogP contribution in [-0.4, -0.2) is 24.9 Å². The lowest BCUT2D eigenvalue weighted by Gasteiger charge is -2.18. The number of ether oxygens (including phenoxy) is 1. The van der Waals surface area contributed by atoms with Crippen LogP contribution in [0.1, 0.15) is 50.5 Å². The summed E-state index contributed by atoms with van der Waals surface area (Å²) in [5.41, 5.74) is 3.86. The Kier molecular flexibility index (Phi) is 9.56. The summed E-state index contributed by atoms with van der Waals surface area (Å²) in [6.07, 6.45) is 5.93. The van der Waals surface area contributed by atoms with E-state index in [0.29, 0.717) is 22.2 Å². The third kappa shape index (κ3) is 7.19. The smallest absolute Gasteiger partial charge is 0.341 e. The summed E-state index contributed by atoms with van der Waals surface area (Å²) in [5.74, 6) is -0.377. The summed E-state index contributed by atoms with van der Waals surface area (Å²) < 4.78 is 5.11. The Labute approximate surface area is 254 Å². The summed E-state index contributed by atoms with van der Waals surface area (Å²) in [6, 6.07) is 26.6. The third-order valence-electron chi connectivity index (χ3n) is 7.06. The number of methoxy groups -OCH3 is 1. The average Bonchev–Trinajstić information content (AvgIpc) is 3.36. The molecule has 42 heavy (non-hydrogen) atoms. The maximum Gasteiger partial charge on any atom is 0.341 e. The minimum Gasteiger partial charge on any atom is -0.465 e. The number of thiophene rings is 1. The highest BCUT2D eigenvalue weighted by molar-refractivity contribution is 8.00. The van der Waals surface area contributed by atoms with E-state index in [2.05, 4.69) is 17.6 Å². The number of anilines is 2. The van der Waals surface area contributed by atoms with Gasteiger partial charge in [0.25, 0.3) is 0 Å². The predicted molar refractivity (Wildman–Crippen MR) is 171 cm³/mol. The van der Waals surface area contributed by atoms with Gasteiger partial charge in [0, 0.05) is 21.5 Å². The first kappa shape index (κ1) is 29.4. The summed E-state index contributed by atoms with van der Waals surface area (Å²) in [7, 11) is 1.37. The molecule has 0 saturated carbocycles. The first-order chi connectivity index (χ1) is 20.4. The number of carbonyl (C=O) groups excluding carboxylic acids is 3. The zero-order chi connectivity index (χ0) is 29.5. The van der Waals surface area contributed by atoms with Gasteiger partial charge < -0.3 is 15.4 Å². The van der Waals surface area contributed by atoms with Gasteiger partial charge in [0.05, 0.1) is 12.7 Å². The molecule has 0 spiro atoms. The van der Waals surface area contributed by atoms with E-state index in [1.807, 2.05) is 84.9 Å². The van der Waals surface area contributed by atoms with E-state index in [0.717, 1.165) is 45.7 Å². The fourth-order valence-corrected chi connectivity index (χ4v) is 7.42. The van der Waals surface area contributed by atoms with Gasteiger partial charge in [-0.1, -0.05) is 73.7 Å². The quantitative estimate of drug-likeness (QED) is 0.117. The Morgan fingerprint density at radius 1 is 0.976 bits per heavy atom. The highest BCUT2D eigenvalue weighted by Crippen LogP contribution is 2.42. The number of fused-ring (bicyclic) bond motifs is 1. The summed E-state index contributed by atoms with van der Waals surface area (Å²) in [4.78, 5) is 41.2. The largest absolute Gasteiger partial charge is 0.465 e. The molecule has 8 heteroatoms. The van der Waals surface area contributed by atoms with Crippen LogP contribution >= 0.6 is 23.1 Å². The molecule has 4 aromatic rings. The van der Waals surface area contributed by atoms with Gasteiger partial charge in [-0.3, -0.25) is 9.59 Å². The molecule has 2 N–H and O–H groups in total. The lowest BCUT2D eigenvalue weighted by Crippen LogP contribution is -2.20. The molecule has 3 aromatic carbocycles. The molecular formula is C34H32N2O4S2. The monoisotopic (exact) mass is 596 g/mol. The Balaban J connectivity index is 1.36. The van der Waals surface area contributed by atoms with Gasteiger partial charge in [0.15, 0.2) is 0 Å². The zero-order valence-corrected chi connectivity index (χ0v) is 25.1. The van der Waals surface area contributed by atoms with Crippen LogP contribution in [0.15, 0.2) is 95.9 Å². The number of hydrogen-bond acceptors (Lipinski definition) is 6. The molecule has 2 unspecified atom stereocenters. The van der Waals surface area contributed by atoms with Crippen molar-refractivity contribution in [3.8, 4) is 0 Å². The number of benzene rings is 3. The number of nitrogens with one attached hydrogen (secondary N) is 2. The number of hydrogen-bond donors (Lipinski definition) is 2. The lowest BCUT2D eigenvalue weighted by atomic mass is 9.88. The Hall–Kier alpha value is -4.14. The molecule has 1 aliphatic rings. The van der Waals surface area contributed by atoms with Crippen molar-refractivity contribution in [3.63, 3.8) is 0 Å². The molecule has 6 nitrogen and oxygen atoms in total. The molecule has 0 fully saturated rings. The SMILES string of the molecule is COC(=O)c1c(NC(=O)C(Sc2cccc(NC(=O)/C=C/c3ccccc3)c2)c2ccccc2)sc2c1CCC(C)C2. The van der Waals surface area contributed by atoms with E-state index in [1.54, 1.807) is 6.08 Å². The van der Waals surface area contributed by atoms with Crippen molar-refractivity contribution in [3.05, 3.63) is 118 Å². The molecule has 2 amide bonds. The standard InChI is InChI=1S/C34H32N2O4S2/c1-22-16-18-27-28(20-22)42-33(30(27)34(39)40-2)36-32(38)31(24-12-7-4-8-13-24)41-26-15-9-14-25(21-26)35-29(37)19-17-23-10-5-3-6-11-23/h3-15,17,19,21-22,31H,16,18,20H2,1-2H3,(H,35,37)(H,36,38)/b19-17+. The topological polar surface area (TPSA) is 84.5 Å². The molecule has 1 aromatic heterocycles. The minimum absolute atomic E-state index is 0.233. The molecule has 0 bridgehead atoms. The van der Waals surface area contributed by atoms with Crippen molar-refractivity contribution in [1.29, 1.82) is 0 Å². The molecule has 0 saturated heterocycles. The summed E-state index contributed by atoms with van der Waals surface area (Å²) >= 11 is 2.86. The molecule has 1 heterocycles. The second-order valence-electron chi connectivity index (χ2n) is 10.2. The Morgan fingerprint density at radius 2 is 1.71 bits per heavy atom. The van der Waals surface area contributed by atoms with E-state index in [4.69, 9.17) is 4.74 Å². The average molecular weight is 597 g/mol. The van der Waals surface area contributed by atoms with Gasteiger partial charge in [-0.15, -0.1) is 23.1 Å². The highest BCUT2D eigenvalue weighted by atomic mass is 32.2. The number of carbonyl (C=O) groups is 3. The Morgan fingerprint density at radius 3 is 2.45 bits per heavy atom. The van der Waals surface area contributed by atoms with Crippen molar-refractivity contribution in [1.82, 2.24) is 0 Å². The van der Waals surface area contributed by atoms with Crippen LogP contribution in [0.2, 0.25) is 0 Å². The van der Waals surface area contributed by atoms with Gasteiger partial charge in [-0.2, -0.15) is 0 Å². The minimum atomic E-state index is -0.598. The van der Waals surface area contributed by atoms with E-state index < -0.39 is 11.2 Å². The summed E-state index contributed by atoms with van der Waals surface area (Å²) in [5, 5.41) is 5.92. The molecular weight excluding hydrogens is 565 g/mol. The first-order valence-corrected chi connectivity index (χ1v) is 15.5. The highest BCUT2D eigenvalue weighted by Gasteiger charge is 2.31. The van der Waals surface area contributed by atoms with Crippen LogP contribution < -0.4 is 10.6 Å². The molecule has 0 radical (unpaired) electrons. The maximum absolute atomic E-state index is 13.9. The van der Waals surface area contributed by atoms with Crippen molar-refractivity contribution in [2.24, 2.45) is 5.92 Å². The fourth-order valence-electron chi connectivity index (χ4n) is 4.94. The van der Waals surface area contributed by atoms with Gasteiger partial charge in [0.2, 0.25) is 11.8 Å². The normalized spacial score (nSPS) is 15.0. The van der Waals surface area contributed by atoms with Crippen LogP contribution in [0.25, 0.3) is 6.08 Å². The zero-order valence-electron chi connectivity index (χ0n) is 23.5. The fraction of sp³-hybridized carbons (Fsp3) is 0.206. The molecule has 2 atom stereocenters. The number of rotatable bonds is 9. The third-order valence-corrected chi connectivity index (χ3v) is 9.48. The molecule has 1 aliphatic carbocycles. The van der Waals surface area contributed by atoms with E-state index in [-0.39, 0.29) is 11.8 Å². The van der Waals surface area contributed by atoms with E-state index in [1.165, 1.54) is 36.3 Å². The van der Waals surface area contributed by atoms with Crippen molar-refractivity contribution in [2.75, 3.05) is 17.7 Å². The maximum atomic E-state index is 13.9. The molecule has 0 aliphatic heterocycles. The van der Waals surface area contributed by atoms with Crippen LogP contribution in [0.5, 0.6) is 0 Å². The second-order valence-corrected chi connectivity index (χ2v) is 12.5. The molecule has 214 valence electrons. The van der Waals surface area contributed by atoms with Crippen LogP contribution in [0, 0.1) is 5.92 Å². The number of esters is 1. The van der Waals surface area contributed by atoms with Crippen LogP contribution in [-0.2, 0) is 27.2 Å². The van der Waals surface area contributed by atoms with Crippen LogP contribution in [0.4, 0.5) is 10.7 Å². The second kappa shape index (κ2) is 13.7. The van der Waals surface area contributed by atoms with Gasteiger partial charge >= 0.3 is 5.97 Å². The van der Waals surface area contributed by atoms with Gasteiger partial charge in [0.1, 0.15) is 10.3 Å². The van der Waals surface area contributed by atoms with Crippen molar-refractivity contribution >= 4 is 57.6 Å². The van der Waals surface area contributed by atoms with E-state index >= 15 is 0 Å². The van der Waals surface area contributed by atoms with Crippen molar-refractivity contribution < 1.29 is 19.1 Å². The van der Waals surface area contributed by atoms with Crippen LogP contribution in [0.3, 0.4) is 0 Å². The van der Waals surface area contributed by atoms with Crippen molar-refractivity contribution in [2.45, 2.75) is 36.3 Å². The lowest BCUT2D eigenvalue weighted by molar-refractivity contribution is -0.116. The van der Waals surface area contributed by atoms with Gasteiger partial charge in [-0.25, -0.2) is 4.79 Å². The number of thioether (sulfide) groups is 1. The summed E-state index contributed by atoms with van der Waals surface area (Å²) in [6.45, 7) is 2.21. The Bertz CT molecular complexity index is 1600. The van der Waals surface area contributed by atoms with Gasteiger partial charge in [-0.05, 0) is 66.1 Å². The van der Waals surface area contributed by atoms with E-state index in [9.17, 15) is 14.4 Å². The first-order valence-electron chi connectivity index (χ1n) is 13.8.